The fraction of sp³-hybridized carbons (Fsp3) is 0.700. The van der Waals surface area contributed by atoms with E-state index in [1.54, 1.807) is 0 Å². The first-order valence-corrected chi connectivity index (χ1v) is 6.03. The van der Waals surface area contributed by atoms with Crippen LogP contribution >= 0.6 is 12.6 Å². The van der Waals surface area contributed by atoms with Crippen LogP contribution in [0.4, 0.5) is 0 Å². The summed E-state index contributed by atoms with van der Waals surface area (Å²) in [5.41, 5.74) is 5.04. The number of carbonyl (C=O) groups excluding carboxylic acids is 2. The van der Waals surface area contributed by atoms with E-state index in [2.05, 4.69) is 12.6 Å². The molecule has 0 bridgehead atoms. The summed E-state index contributed by atoms with van der Waals surface area (Å²) < 4.78 is 0. The molecular formula is C10H16N2O4S. The molecule has 0 saturated carbocycles. The minimum atomic E-state index is -1.01. The monoisotopic (exact) mass is 260 g/mol. The third-order valence-corrected chi connectivity index (χ3v) is 3.28. The van der Waals surface area contributed by atoms with E-state index >= 15 is 0 Å². The van der Waals surface area contributed by atoms with Crippen LogP contribution in [0, 0.1) is 5.92 Å². The van der Waals surface area contributed by atoms with Gasteiger partial charge in [0.2, 0.25) is 11.8 Å². The zero-order valence-electron chi connectivity index (χ0n) is 9.33. The van der Waals surface area contributed by atoms with E-state index in [1.165, 1.54) is 4.90 Å². The van der Waals surface area contributed by atoms with Crippen molar-refractivity contribution in [3.63, 3.8) is 0 Å². The van der Waals surface area contributed by atoms with E-state index in [1.807, 2.05) is 0 Å². The number of carbonyl (C=O) groups is 3. The van der Waals surface area contributed by atoms with Gasteiger partial charge in [-0.1, -0.05) is 0 Å². The van der Waals surface area contributed by atoms with Crippen molar-refractivity contribution in [2.45, 2.75) is 25.3 Å². The Bertz CT molecular complexity index is 334. The molecule has 2 amide bonds. The molecule has 3 N–H and O–H groups in total. The number of amides is 2. The number of nitrogens with zero attached hydrogens (tertiary/aromatic N) is 1. The second-order valence-corrected chi connectivity index (χ2v) is 4.44. The molecule has 1 unspecified atom stereocenters. The van der Waals surface area contributed by atoms with Gasteiger partial charge in [-0.15, -0.1) is 0 Å². The topological polar surface area (TPSA) is 101 Å². The van der Waals surface area contributed by atoms with Gasteiger partial charge >= 0.3 is 5.97 Å². The summed E-state index contributed by atoms with van der Waals surface area (Å²) >= 11 is 4.00. The van der Waals surface area contributed by atoms with Gasteiger partial charge in [0.15, 0.2) is 0 Å². The van der Waals surface area contributed by atoms with Gasteiger partial charge in [-0.25, -0.2) is 4.79 Å². The van der Waals surface area contributed by atoms with E-state index in [0.29, 0.717) is 19.4 Å². The predicted octanol–water partition coefficient (Wildman–Crippen LogP) is -0.517. The standard InChI is InChI=1S/C10H16N2O4S/c11-8(13)4-6(5-17)9(14)12-3-1-2-7(12)10(15)16/h6-7,17H,1-5H2,(H2,11,13)(H,15,16)/t6?,7-/m0/s1. The molecule has 0 aliphatic carbocycles. The SMILES string of the molecule is NC(=O)CC(CS)C(=O)N1CCC[C@H]1C(=O)O. The van der Waals surface area contributed by atoms with Crippen LogP contribution in [0.3, 0.4) is 0 Å². The fourth-order valence-electron chi connectivity index (χ4n) is 1.99. The Hall–Kier alpha value is -1.24. The Morgan fingerprint density at radius 1 is 1.47 bits per heavy atom. The first-order chi connectivity index (χ1) is 7.97. The number of likely N-dealkylation sites (tertiary alicyclic amines) is 1. The highest BCUT2D eigenvalue weighted by Crippen LogP contribution is 2.21. The molecule has 0 radical (unpaired) electrons. The molecule has 6 nitrogen and oxygen atoms in total. The van der Waals surface area contributed by atoms with Gasteiger partial charge in [0, 0.05) is 18.7 Å². The Balaban J connectivity index is 2.73. The van der Waals surface area contributed by atoms with Crippen molar-refractivity contribution in [2.24, 2.45) is 11.7 Å². The Morgan fingerprint density at radius 3 is 2.59 bits per heavy atom. The average molecular weight is 260 g/mol. The zero-order valence-corrected chi connectivity index (χ0v) is 10.2. The minimum Gasteiger partial charge on any atom is -0.480 e. The van der Waals surface area contributed by atoms with Crippen molar-refractivity contribution < 1.29 is 19.5 Å². The largest absolute Gasteiger partial charge is 0.480 e. The summed E-state index contributed by atoms with van der Waals surface area (Å²) in [4.78, 5) is 35.1. The third-order valence-electron chi connectivity index (χ3n) is 2.84. The lowest BCUT2D eigenvalue weighted by atomic mass is 10.1. The van der Waals surface area contributed by atoms with E-state index in [0.717, 1.165) is 0 Å². The fourth-order valence-corrected chi connectivity index (χ4v) is 2.28. The zero-order chi connectivity index (χ0) is 13.0. The number of thiol groups is 1. The first kappa shape index (κ1) is 13.8. The van der Waals surface area contributed by atoms with Crippen molar-refractivity contribution in [1.29, 1.82) is 0 Å². The average Bonchev–Trinajstić information content (AvgIpc) is 2.73. The van der Waals surface area contributed by atoms with E-state index in [4.69, 9.17) is 10.8 Å². The molecule has 96 valence electrons. The summed E-state index contributed by atoms with van der Waals surface area (Å²) in [7, 11) is 0. The highest BCUT2D eigenvalue weighted by molar-refractivity contribution is 7.80. The van der Waals surface area contributed by atoms with Crippen LogP contribution in [0.1, 0.15) is 19.3 Å². The minimum absolute atomic E-state index is 0.0921. The highest BCUT2D eigenvalue weighted by atomic mass is 32.1. The van der Waals surface area contributed by atoms with E-state index < -0.39 is 23.8 Å². The number of carboxylic acid groups (broad SMARTS) is 1. The van der Waals surface area contributed by atoms with Crippen LogP contribution in [0.25, 0.3) is 0 Å². The van der Waals surface area contributed by atoms with Crippen molar-refractivity contribution >= 4 is 30.4 Å². The quantitative estimate of drug-likeness (QED) is 0.579. The second kappa shape index (κ2) is 5.90. The molecule has 0 spiro atoms. The van der Waals surface area contributed by atoms with Gasteiger partial charge in [0.05, 0.1) is 5.92 Å². The molecule has 1 saturated heterocycles. The summed E-state index contributed by atoms with van der Waals surface area (Å²) in [6.07, 6.45) is 1.03. The molecule has 2 atom stereocenters. The molecule has 1 aliphatic rings. The number of carboxylic acids is 1. The van der Waals surface area contributed by atoms with Crippen LogP contribution in [0.15, 0.2) is 0 Å². The molecule has 17 heavy (non-hydrogen) atoms. The molecule has 0 aromatic heterocycles. The number of rotatable bonds is 5. The Labute approximate surface area is 105 Å². The molecule has 1 rings (SSSR count). The lowest BCUT2D eigenvalue weighted by Gasteiger charge is -2.25. The number of nitrogens with two attached hydrogens (primary N) is 1. The number of primary amides is 1. The predicted molar refractivity (Wildman–Crippen MR) is 63.5 cm³/mol. The maximum absolute atomic E-state index is 12.0. The van der Waals surface area contributed by atoms with E-state index in [-0.39, 0.29) is 18.1 Å². The first-order valence-electron chi connectivity index (χ1n) is 5.39. The van der Waals surface area contributed by atoms with Gasteiger partial charge in [-0.05, 0) is 12.8 Å². The van der Waals surface area contributed by atoms with Crippen molar-refractivity contribution in [1.82, 2.24) is 4.90 Å². The molecule has 0 aromatic rings. The molecule has 1 fully saturated rings. The lowest BCUT2D eigenvalue weighted by Crippen LogP contribution is -2.44. The lowest BCUT2D eigenvalue weighted by molar-refractivity contribution is -0.149. The van der Waals surface area contributed by atoms with Gasteiger partial charge < -0.3 is 15.7 Å². The Morgan fingerprint density at radius 2 is 2.12 bits per heavy atom. The molecule has 1 aliphatic heterocycles. The summed E-state index contributed by atoms with van der Waals surface area (Å²) in [6, 6.07) is -0.780. The van der Waals surface area contributed by atoms with Crippen molar-refractivity contribution in [2.75, 3.05) is 12.3 Å². The number of aliphatic carboxylic acids is 1. The van der Waals surface area contributed by atoms with Crippen LogP contribution in [0.2, 0.25) is 0 Å². The molecule has 1 heterocycles. The summed E-state index contributed by atoms with van der Waals surface area (Å²) in [5.74, 6) is -2.37. The third kappa shape index (κ3) is 3.36. The van der Waals surface area contributed by atoms with E-state index in [9.17, 15) is 14.4 Å². The Kier molecular flexibility index (Phi) is 4.80. The normalized spacial score (nSPS) is 21.2. The maximum atomic E-state index is 12.0. The van der Waals surface area contributed by atoms with Crippen LogP contribution < -0.4 is 5.73 Å². The maximum Gasteiger partial charge on any atom is 0.326 e. The van der Waals surface area contributed by atoms with Gasteiger partial charge in [0.1, 0.15) is 6.04 Å². The van der Waals surface area contributed by atoms with Crippen LogP contribution in [0.5, 0.6) is 0 Å². The second-order valence-electron chi connectivity index (χ2n) is 4.08. The molecular weight excluding hydrogens is 244 g/mol. The number of hydrogen-bond acceptors (Lipinski definition) is 4. The van der Waals surface area contributed by atoms with Gasteiger partial charge in [0.25, 0.3) is 0 Å². The van der Waals surface area contributed by atoms with Crippen molar-refractivity contribution in [3.8, 4) is 0 Å². The summed E-state index contributed by atoms with van der Waals surface area (Å²) in [5, 5.41) is 8.96. The van der Waals surface area contributed by atoms with Crippen molar-refractivity contribution in [3.05, 3.63) is 0 Å². The highest BCUT2D eigenvalue weighted by Gasteiger charge is 2.36. The molecule has 0 aromatic carbocycles. The smallest absolute Gasteiger partial charge is 0.326 e. The van der Waals surface area contributed by atoms with Gasteiger partial charge in [-0.3, -0.25) is 9.59 Å². The number of hydrogen-bond donors (Lipinski definition) is 3. The van der Waals surface area contributed by atoms with Crippen LogP contribution in [-0.2, 0) is 14.4 Å². The molecule has 7 heteroatoms. The van der Waals surface area contributed by atoms with Crippen LogP contribution in [-0.4, -0.2) is 46.1 Å². The van der Waals surface area contributed by atoms with Gasteiger partial charge in [-0.2, -0.15) is 12.6 Å². The summed E-state index contributed by atoms with van der Waals surface area (Å²) in [6.45, 7) is 0.416.